The maximum atomic E-state index is 14.4. The highest BCUT2D eigenvalue weighted by Gasteiger charge is 2.31. The van der Waals surface area contributed by atoms with Gasteiger partial charge in [0, 0.05) is 5.39 Å². The van der Waals surface area contributed by atoms with E-state index >= 15 is 0 Å². The second-order valence-corrected chi connectivity index (χ2v) is 7.13. The number of rotatable bonds is 4. The molecule has 0 fully saturated rings. The molecule has 1 heterocycles. The number of fused-ring (bicyclic) bond motifs is 1. The van der Waals surface area contributed by atoms with Gasteiger partial charge in [-0.05, 0) is 52.3 Å². The van der Waals surface area contributed by atoms with Gasteiger partial charge in [-0.3, -0.25) is 4.79 Å². The molecule has 7 heteroatoms. The Morgan fingerprint density at radius 3 is 2.44 bits per heavy atom. The van der Waals surface area contributed by atoms with Crippen LogP contribution < -0.4 is 5.73 Å². The molecular formula is C18H23FN2O4. The number of nitrogens with zero attached hydrogens (tertiary/aromatic N) is 1. The lowest BCUT2D eigenvalue weighted by atomic mass is 10.1. The van der Waals surface area contributed by atoms with Gasteiger partial charge in [0.1, 0.15) is 23.2 Å². The van der Waals surface area contributed by atoms with Gasteiger partial charge in [-0.2, -0.15) is 0 Å². The monoisotopic (exact) mass is 350 g/mol. The molecule has 0 amide bonds. The Balaban J connectivity index is 2.59. The number of nitrogens with two attached hydrogens (primary N) is 1. The van der Waals surface area contributed by atoms with Crippen molar-refractivity contribution in [2.75, 3.05) is 0 Å². The molecule has 2 aromatic rings. The Bertz CT molecular complexity index is 836. The van der Waals surface area contributed by atoms with Crippen molar-refractivity contribution in [3.8, 4) is 0 Å². The van der Waals surface area contributed by atoms with Gasteiger partial charge in [-0.15, -0.1) is 0 Å². The largest absolute Gasteiger partial charge is 0.477 e. The Kier molecular flexibility index (Phi) is 4.90. The third kappa shape index (κ3) is 3.66. The number of carboxylic acids is 1. The van der Waals surface area contributed by atoms with E-state index in [0.29, 0.717) is 5.39 Å². The molecule has 25 heavy (non-hydrogen) atoms. The SMILES string of the molecule is Cc1ccc(F)c2c1cc(C(=O)O)n2[C@H](C)[C@@H](N)C(=O)OC(C)(C)C. The minimum atomic E-state index is -1.22. The van der Waals surface area contributed by atoms with Crippen LogP contribution in [0.3, 0.4) is 0 Å². The average Bonchev–Trinajstić information content (AvgIpc) is 2.89. The first kappa shape index (κ1) is 18.9. The summed E-state index contributed by atoms with van der Waals surface area (Å²) in [6, 6.07) is 2.29. The number of aryl methyl sites for hydroxylation is 1. The predicted octanol–water partition coefficient (Wildman–Crippen LogP) is 3.02. The van der Waals surface area contributed by atoms with E-state index in [0.717, 1.165) is 5.56 Å². The number of benzene rings is 1. The number of aromatic carboxylic acids is 1. The van der Waals surface area contributed by atoms with Gasteiger partial charge in [-0.1, -0.05) is 6.07 Å². The van der Waals surface area contributed by atoms with Crippen LogP contribution in [0, 0.1) is 12.7 Å². The van der Waals surface area contributed by atoms with E-state index in [9.17, 15) is 19.1 Å². The van der Waals surface area contributed by atoms with Crippen LogP contribution in [0.15, 0.2) is 18.2 Å². The molecule has 2 rings (SSSR count). The van der Waals surface area contributed by atoms with Crippen LogP contribution >= 0.6 is 0 Å². The van der Waals surface area contributed by atoms with Gasteiger partial charge in [0.05, 0.1) is 11.6 Å². The van der Waals surface area contributed by atoms with Crippen molar-refractivity contribution in [3.05, 3.63) is 35.3 Å². The molecule has 2 atom stereocenters. The molecule has 0 aliphatic heterocycles. The van der Waals surface area contributed by atoms with Crippen LogP contribution in [-0.4, -0.2) is 33.3 Å². The van der Waals surface area contributed by atoms with Crippen molar-refractivity contribution in [1.29, 1.82) is 0 Å². The summed E-state index contributed by atoms with van der Waals surface area (Å²) in [5.74, 6) is -2.47. The summed E-state index contributed by atoms with van der Waals surface area (Å²) in [6.45, 7) is 8.45. The van der Waals surface area contributed by atoms with Gasteiger partial charge in [0.2, 0.25) is 0 Å². The lowest BCUT2D eigenvalue weighted by Gasteiger charge is -2.27. The van der Waals surface area contributed by atoms with Crippen molar-refractivity contribution >= 4 is 22.8 Å². The maximum Gasteiger partial charge on any atom is 0.352 e. The molecular weight excluding hydrogens is 327 g/mol. The zero-order chi connectivity index (χ0) is 19.1. The van der Waals surface area contributed by atoms with Crippen LogP contribution in [0.5, 0.6) is 0 Å². The van der Waals surface area contributed by atoms with Crippen LogP contribution in [0.4, 0.5) is 4.39 Å². The Morgan fingerprint density at radius 1 is 1.32 bits per heavy atom. The van der Waals surface area contributed by atoms with Crippen LogP contribution in [0.25, 0.3) is 10.9 Å². The number of halogens is 1. The number of ether oxygens (including phenoxy) is 1. The number of carbonyl (C=O) groups excluding carboxylic acids is 1. The van der Waals surface area contributed by atoms with E-state index < -0.39 is 35.4 Å². The van der Waals surface area contributed by atoms with Crippen molar-refractivity contribution in [3.63, 3.8) is 0 Å². The smallest absolute Gasteiger partial charge is 0.352 e. The molecule has 0 saturated heterocycles. The Labute approximate surface area is 145 Å². The second-order valence-electron chi connectivity index (χ2n) is 7.13. The fourth-order valence-corrected chi connectivity index (χ4v) is 2.75. The maximum absolute atomic E-state index is 14.4. The number of aromatic nitrogens is 1. The van der Waals surface area contributed by atoms with Gasteiger partial charge < -0.3 is 20.1 Å². The number of hydrogen-bond donors (Lipinski definition) is 2. The van der Waals surface area contributed by atoms with E-state index in [2.05, 4.69) is 0 Å². The number of hydrogen-bond acceptors (Lipinski definition) is 4. The standard InChI is InChI=1S/C18H23FN2O4/c1-9-6-7-12(19)15-11(9)8-13(16(22)23)21(15)10(2)14(20)17(24)25-18(3,4)5/h6-8,10,14H,20H2,1-5H3,(H,22,23)/t10-,14-/m1/s1. The van der Waals surface area contributed by atoms with Crippen LogP contribution in [0.2, 0.25) is 0 Å². The molecule has 0 radical (unpaired) electrons. The molecule has 3 N–H and O–H groups in total. The van der Waals surface area contributed by atoms with E-state index in [4.69, 9.17) is 10.5 Å². The first-order chi connectivity index (χ1) is 11.4. The summed E-state index contributed by atoms with van der Waals surface area (Å²) < 4.78 is 21.0. The third-order valence-corrected chi connectivity index (χ3v) is 3.99. The van der Waals surface area contributed by atoms with Gasteiger partial charge in [0.25, 0.3) is 0 Å². The zero-order valence-corrected chi connectivity index (χ0v) is 15.0. The van der Waals surface area contributed by atoms with Crippen molar-refractivity contribution < 1.29 is 23.8 Å². The minimum absolute atomic E-state index is 0.115. The minimum Gasteiger partial charge on any atom is -0.477 e. The Hall–Kier alpha value is -2.41. The van der Waals surface area contributed by atoms with Gasteiger partial charge in [0.15, 0.2) is 0 Å². The third-order valence-electron chi connectivity index (χ3n) is 3.99. The summed E-state index contributed by atoms with van der Waals surface area (Å²) in [7, 11) is 0. The summed E-state index contributed by atoms with van der Waals surface area (Å²) in [5.41, 5.74) is 5.98. The molecule has 136 valence electrons. The molecule has 0 bridgehead atoms. The fraction of sp³-hybridized carbons (Fsp3) is 0.444. The Morgan fingerprint density at radius 2 is 1.92 bits per heavy atom. The number of esters is 1. The van der Waals surface area contributed by atoms with Crippen LogP contribution in [0.1, 0.15) is 49.8 Å². The normalized spacial score (nSPS) is 14.4. The number of carboxylic acid groups (broad SMARTS) is 1. The van der Waals surface area contributed by atoms with E-state index in [-0.39, 0.29) is 11.2 Å². The fourth-order valence-electron chi connectivity index (χ4n) is 2.75. The molecule has 1 aromatic carbocycles. The summed E-state index contributed by atoms with van der Waals surface area (Å²) >= 11 is 0. The molecule has 0 spiro atoms. The molecule has 6 nitrogen and oxygen atoms in total. The highest BCUT2D eigenvalue weighted by Crippen LogP contribution is 2.30. The first-order valence-electron chi connectivity index (χ1n) is 7.96. The lowest BCUT2D eigenvalue weighted by Crippen LogP contribution is -2.43. The predicted molar refractivity (Wildman–Crippen MR) is 92.1 cm³/mol. The molecule has 0 aliphatic rings. The van der Waals surface area contributed by atoms with Gasteiger partial charge in [-0.25, -0.2) is 9.18 Å². The average molecular weight is 350 g/mol. The zero-order valence-electron chi connectivity index (χ0n) is 15.0. The highest BCUT2D eigenvalue weighted by atomic mass is 19.1. The van der Waals surface area contributed by atoms with Gasteiger partial charge >= 0.3 is 11.9 Å². The van der Waals surface area contributed by atoms with E-state index in [1.54, 1.807) is 40.7 Å². The quantitative estimate of drug-likeness (QED) is 0.827. The number of carbonyl (C=O) groups is 2. The molecule has 0 aliphatic carbocycles. The van der Waals surface area contributed by atoms with Crippen molar-refractivity contribution in [2.45, 2.75) is 52.3 Å². The van der Waals surface area contributed by atoms with Crippen LogP contribution in [-0.2, 0) is 9.53 Å². The summed E-state index contributed by atoms with van der Waals surface area (Å²) in [4.78, 5) is 23.9. The topological polar surface area (TPSA) is 94.5 Å². The van der Waals surface area contributed by atoms with Crippen molar-refractivity contribution in [2.24, 2.45) is 5.73 Å². The lowest BCUT2D eigenvalue weighted by molar-refractivity contribution is -0.157. The van der Waals surface area contributed by atoms with E-state index in [1.807, 2.05) is 0 Å². The molecule has 0 unspecified atom stereocenters. The first-order valence-corrected chi connectivity index (χ1v) is 7.96. The molecule has 1 aromatic heterocycles. The highest BCUT2D eigenvalue weighted by molar-refractivity contribution is 5.96. The summed E-state index contributed by atoms with van der Waals surface area (Å²) in [5, 5.41) is 9.98. The van der Waals surface area contributed by atoms with E-state index in [1.165, 1.54) is 16.7 Å². The van der Waals surface area contributed by atoms with Crippen molar-refractivity contribution in [1.82, 2.24) is 4.57 Å². The molecule has 0 saturated carbocycles. The summed E-state index contributed by atoms with van der Waals surface area (Å²) in [6.07, 6.45) is 0. The second kappa shape index (κ2) is 6.48.